The molecule has 1 N–H and O–H groups in total. The van der Waals surface area contributed by atoms with Crippen molar-refractivity contribution in [2.75, 3.05) is 5.32 Å². The van der Waals surface area contributed by atoms with E-state index < -0.39 is 0 Å². The van der Waals surface area contributed by atoms with Crippen LogP contribution in [0.1, 0.15) is 22.8 Å². The maximum atomic E-state index is 5.27. The highest BCUT2D eigenvalue weighted by molar-refractivity contribution is 5.45. The lowest BCUT2D eigenvalue weighted by Crippen LogP contribution is -2.00. The maximum absolute atomic E-state index is 5.27. The highest BCUT2D eigenvalue weighted by Gasteiger charge is 2.06. The molecule has 21 heavy (non-hydrogen) atoms. The second-order valence-electron chi connectivity index (χ2n) is 4.99. The molecule has 106 valence electrons. The van der Waals surface area contributed by atoms with Crippen LogP contribution in [0, 0.1) is 6.92 Å². The Morgan fingerprint density at radius 1 is 1.05 bits per heavy atom. The summed E-state index contributed by atoms with van der Waals surface area (Å²) in [5, 5.41) is 7.30. The molecule has 0 saturated heterocycles. The molecule has 3 aromatic rings. The monoisotopic (exact) mass is 279 g/mol. The minimum atomic E-state index is 0.533. The van der Waals surface area contributed by atoms with Crippen LogP contribution < -0.4 is 5.32 Å². The number of anilines is 1. The first-order valence-electron chi connectivity index (χ1n) is 6.95. The molecule has 0 amide bonds. The summed E-state index contributed by atoms with van der Waals surface area (Å²) in [7, 11) is 0. The van der Waals surface area contributed by atoms with E-state index in [0.717, 1.165) is 5.69 Å². The number of rotatable bonds is 5. The SMILES string of the molecule is Cc1cccc(NCc2nc(Cc3ccccc3)no2)c1. The number of nitrogens with zero attached hydrogens (tertiary/aromatic N) is 2. The Labute approximate surface area is 123 Å². The molecule has 0 saturated carbocycles. The summed E-state index contributed by atoms with van der Waals surface area (Å²) in [6.45, 7) is 2.60. The first-order valence-corrected chi connectivity index (χ1v) is 6.95. The summed E-state index contributed by atoms with van der Waals surface area (Å²) < 4.78 is 5.27. The van der Waals surface area contributed by atoms with Crippen LogP contribution >= 0.6 is 0 Å². The summed E-state index contributed by atoms with van der Waals surface area (Å²) >= 11 is 0. The highest BCUT2D eigenvalue weighted by Crippen LogP contribution is 2.11. The number of aryl methyl sites for hydroxylation is 1. The summed E-state index contributed by atoms with van der Waals surface area (Å²) in [5.41, 5.74) is 3.45. The van der Waals surface area contributed by atoms with Gasteiger partial charge in [0.05, 0.1) is 6.54 Å². The average molecular weight is 279 g/mol. The second kappa shape index (κ2) is 6.22. The van der Waals surface area contributed by atoms with Crippen molar-refractivity contribution in [2.45, 2.75) is 19.9 Å². The third-order valence-corrected chi connectivity index (χ3v) is 3.18. The van der Waals surface area contributed by atoms with Crippen molar-refractivity contribution in [1.82, 2.24) is 10.1 Å². The molecular formula is C17H17N3O. The Morgan fingerprint density at radius 2 is 1.90 bits per heavy atom. The van der Waals surface area contributed by atoms with Crippen LogP contribution in [-0.4, -0.2) is 10.1 Å². The van der Waals surface area contributed by atoms with Crippen molar-refractivity contribution >= 4 is 5.69 Å². The largest absolute Gasteiger partial charge is 0.376 e. The minimum Gasteiger partial charge on any atom is -0.376 e. The van der Waals surface area contributed by atoms with Gasteiger partial charge in [-0.05, 0) is 30.2 Å². The fourth-order valence-electron chi connectivity index (χ4n) is 2.14. The van der Waals surface area contributed by atoms with Gasteiger partial charge in [0.1, 0.15) is 0 Å². The van der Waals surface area contributed by atoms with Gasteiger partial charge in [-0.25, -0.2) is 0 Å². The van der Waals surface area contributed by atoms with E-state index in [2.05, 4.69) is 46.6 Å². The van der Waals surface area contributed by atoms with E-state index in [1.807, 2.05) is 30.3 Å². The predicted molar refractivity (Wildman–Crippen MR) is 82.1 cm³/mol. The molecule has 0 radical (unpaired) electrons. The normalized spacial score (nSPS) is 10.5. The molecule has 0 unspecified atom stereocenters. The first kappa shape index (κ1) is 13.4. The molecule has 0 aliphatic rings. The van der Waals surface area contributed by atoms with Crippen molar-refractivity contribution in [3.63, 3.8) is 0 Å². The van der Waals surface area contributed by atoms with Gasteiger partial charge in [-0.15, -0.1) is 0 Å². The Balaban J connectivity index is 1.60. The molecular weight excluding hydrogens is 262 g/mol. The predicted octanol–water partition coefficient (Wildman–Crippen LogP) is 3.58. The lowest BCUT2D eigenvalue weighted by molar-refractivity contribution is 0.378. The van der Waals surface area contributed by atoms with Gasteiger partial charge < -0.3 is 9.84 Å². The molecule has 0 atom stereocenters. The summed E-state index contributed by atoms with van der Waals surface area (Å²) in [4.78, 5) is 4.40. The Kier molecular flexibility index (Phi) is 3.96. The fraction of sp³-hybridized carbons (Fsp3) is 0.176. The van der Waals surface area contributed by atoms with Gasteiger partial charge in [0.2, 0.25) is 5.89 Å². The average Bonchev–Trinajstić information content (AvgIpc) is 2.94. The van der Waals surface area contributed by atoms with Gasteiger partial charge in [-0.2, -0.15) is 4.98 Å². The van der Waals surface area contributed by atoms with Gasteiger partial charge in [-0.1, -0.05) is 47.6 Å². The Hall–Kier alpha value is -2.62. The molecule has 0 spiro atoms. The van der Waals surface area contributed by atoms with E-state index in [0.29, 0.717) is 24.7 Å². The molecule has 0 aliphatic heterocycles. The molecule has 0 bridgehead atoms. The quantitative estimate of drug-likeness (QED) is 0.775. The van der Waals surface area contributed by atoms with Gasteiger partial charge in [0.15, 0.2) is 5.82 Å². The zero-order valence-corrected chi connectivity index (χ0v) is 11.9. The third kappa shape index (κ3) is 3.69. The van der Waals surface area contributed by atoms with Crippen LogP contribution in [0.5, 0.6) is 0 Å². The third-order valence-electron chi connectivity index (χ3n) is 3.18. The maximum Gasteiger partial charge on any atom is 0.245 e. The first-order chi connectivity index (χ1) is 10.3. The zero-order valence-electron chi connectivity index (χ0n) is 11.9. The molecule has 1 aromatic heterocycles. The second-order valence-corrected chi connectivity index (χ2v) is 4.99. The van der Waals surface area contributed by atoms with Crippen LogP contribution in [0.3, 0.4) is 0 Å². The Bertz CT molecular complexity index is 707. The van der Waals surface area contributed by atoms with Crippen molar-refractivity contribution in [3.8, 4) is 0 Å². The number of aromatic nitrogens is 2. The van der Waals surface area contributed by atoms with Crippen molar-refractivity contribution in [2.24, 2.45) is 0 Å². The zero-order chi connectivity index (χ0) is 14.5. The molecule has 1 heterocycles. The smallest absolute Gasteiger partial charge is 0.245 e. The van der Waals surface area contributed by atoms with E-state index in [9.17, 15) is 0 Å². The summed E-state index contributed by atoms with van der Waals surface area (Å²) in [5.74, 6) is 1.31. The lowest BCUT2D eigenvalue weighted by Gasteiger charge is -2.03. The van der Waals surface area contributed by atoms with Crippen molar-refractivity contribution in [3.05, 3.63) is 77.4 Å². The van der Waals surface area contributed by atoms with E-state index in [4.69, 9.17) is 4.52 Å². The molecule has 2 aromatic carbocycles. The van der Waals surface area contributed by atoms with Gasteiger partial charge in [0, 0.05) is 12.1 Å². The number of benzene rings is 2. The van der Waals surface area contributed by atoms with Crippen LogP contribution in [0.25, 0.3) is 0 Å². The highest BCUT2D eigenvalue weighted by atomic mass is 16.5. The molecule has 0 fully saturated rings. The van der Waals surface area contributed by atoms with Crippen LogP contribution in [-0.2, 0) is 13.0 Å². The van der Waals surface area contributed by atoms with Gasteiger partial charge >= 0.3 is 0 Å². The standard InChI is InChI=1S/C17H17N3O/c1-13-6-5-9-15(10-13)18-12-17-19-16(20-21-17)11-14-7-3-2-4-8-14/h2-10,18H,11-12H2,1H3. The van der Waals surface area contributed by atoms with E-state index in [1.54, 1.807) is 0 Å². The lowest BCUT2D eigenvalue weighted by atomic mass is 10.1. The van der Waals surface area contributed by atoms with E-state index in [1.165, 1.54) is 11.1 Å². The molecule has 4 heteroatoms. The number of nitrogens with one attached hydrogen (secondary N) is 1. The van der Waals surface area contributed by atoms with Crippen molar-refractivity contribution < 1.29 is 4.52 Å². The van der Waals surface area contributed by atoms with Crippen LogP contribution in [0.2, 0.25) is 0 Å². The molecule has 3 rings (SSSR count). The van der Waals surface area contributed by atoms with Gasteiger partial charge in [0.25, 0.3) is 0 Å². The van der Waals surface area contributed by atoms with Crippen LogP contribution in [0.4, 0.5) is 5.69 Å². The number of hydrogen-bond donors (Lipinski definition) is 1. The minimum absolute atomic E-state index is 0.533. The van der Waals surface area contributed by atoms with E-state index in [-0.39, 0.29) is 0 Å². The van der Waals surface area contributed by atoms with Gasteiger partial charge in [-0.3, -0.25) is 0 Å². The Morgan fingerprint density at radius 3 is 2.71 bits per heavy atom. The van der Waals surface area contributed by atoms with E-state index >= 15 is 0 Å². The van der Waals surface area contributed by atoms with Crippen molar-refractivity contribution in [1.29, 1.82) is 0 Å². The van der Waals surface area contributed by atoms with Crippen LogP contribution in [0.15, 0.2) is 59.1 Å². The summed E-state index contributed by atoms with van der Waals surface area (Å²) in [6.07, 6.45) is 0.689. The number of hydrogen-bond acceptors (Lipinski definition) is 4. The summed E-state index contributed by atoms with van der Waals surface area (Å²) in [6, 6.07) is 18.3. The topological polar surface area (TPSA) is 51.0 Å². The molecule has 0 aliphatic carbocycles. The fourth-order valence-corrected chi connectivity index (χ4v) is 2.14. The molecule has 4 nitrogen and oxygen atoms in total.